The summed E-state index contributed by atoms with van der Waals surface area (Å²) >= 11 is 3.38. The van der Waals surface area contributed by atoms with Gasteiger partial charge in [0.05, 0.1) is 0 Å². The third-order valence-corrected chi connectivity index (χ3v) is 3.66. The van der Waals surface area contributed by atoms with Crippen molar-refractivity contribution in [3.05, 3.63) is 28.7 Å². The summed E-state index contributed by atoms with van der Waals surface area (Å²) < 4.78 is 6.58. The minimum absolute atomic E-state index is 0.0492. The first kappa shape index (κ1) is 14.3. The van der Waals surface area contributed by atoms with E-state index in [9.17, 15) is 4.79 Å². The lowest BCUT2D eigenvalue weighted by atomic mass is 10.1. The molecule has 104 valence electrons. The number of hydrogen-bond donors (Lipinski definition) is 2. The molecule has 1 fully saturated rings. The lowest BCUT2D eigenvalue weighted by Crippen LogP contribution is -2.46. The second kappa shape index (κ2) is 6.91. The molecule has 0 aromatic heterocycles. The molecule has 4 nitrogen and oxygen atoms in total. The molecule has 2 N–H and O–H groups in total. The molecule has 2 rings (SSSR count). The number of piperidine rings is 1. The molecular formula is C14H19BrN2O2. The van der Waals surface area contributed by atoms with Crippen LogP contribution in [-0.4, -0.2) is 31.1 Å². The average molecular weight is 327 g/mol. The van der Waals surface area contributed by atoms with Gasteiger partial charge >= 0.3 is 0 Å². The quantitative estimate of drug-likeness (QED) is 0.890. The van der Waals surface area contributed by atoms with Crippen LogP contribution >= 0.6 is 15.9 Å². The van der Waals surface area contributed by atoms with Crippen LogP contribution < -0.4 is 15.4 Å². The van der Waals surface area contributed by atoms with Crippen LogP contribution in [0.1, 0.15) is 19.8 Å². The van der Waals surface area contributed by atoms with Gasteiger partial charge in [0.15, 0.2) is 6.10 Å². The first-order chi connectivity index (χ1) is 9.15. The van der Waals surface area contributed by atoms with Gasteiger partial charge in [0.25, 0.3) is 5.91 Å². The maximum atomic E-state index is 12.0. The first-order valence-corrected chi connectivity index (χ1v) is 7.38. The standard InChI is InChI=1S/C14H19BrN2O2/c1-10(19-13-4-2-3-11(15)9-13)14(18)17-12-5-7-16-8-6-12/h2-4,9-10,12,16H,5-8H2,1H3,(H,17,18). The van der Waals surface area contributed by atoms with Gasteiger partial charge in [-0.15, -0.1) is 0 Å². The molecule has 1 aromatic rings. The highest BCUT2D eigenvalue weighted by atomic mass is 79.9. The van der Waals surface area contributed by atoms with Crippen molar-refractivity contribution in [1.82, 2.24) is 10.6 Å². The van der Waals surface area contributed by atoms with Crippen molar-refractivity contribution in [3.8, 4) is 5.75 Å². The Morgan fingerprint density at radius 3 is 2.89 bits per heavy atom. The molecule has 1 aliphatic rings. The summed E-state index contributed by atoms with van der Waals surface area (Å²) in [6.45, 7) is 3.70. The van der Waals surface area contributed by atoms with Crippen molar-refractivity contribution in [2.75, 3.05) is 13.1 Å². The molecule has 0 radical (unpaired) electrons. The molecule has 1 aromatic carbocycles. The van der Waals surface area contributed by atoms with Gasteiger partial charge in [-0.1, -0.05) is 22.0 Å². The van der Waals surface area contributed by atoms with Gasteiger partial charge in [-0.25, -0.2) is 0 Å². The summed E-state index contributed by atoms with van der Waals surface area (Å²) in [5.41, 5.74) is 0. The van der Waals surface area contributed by atoms with Gasteiger partial charge in [-0.3, -0.25) is 4.79 Å². The van der Waals surface area contributed by atoms with Crippen molar-refractivity contribution in [2.24, 2.45) is 0 Å². The van der Waals surface area contributed by atoms with Crippen LogP contribution in [0.15, 0.2) is 28.7 Å². The normalized spacial score (nSPS) is 17.8. The minimum atomic E-state index is -0.482. The van der Waals surface area contributed by atoms with E-state index < -0.39 is 6.10 Å². The van der Waals surface area contributed by atoms with Gasteiger partial charge in [-0.05, 0) is 51.1 Å². The third-order valence-electron chi connectivity index (χ3n) is 3.16. The lowest BCUT2D eigenvalue weighted by molar-refractivity contribution is -0.128. The Morgan fingerprint density at radius 2 is 2.21 bits per heavy atom. The Morgan fingerprint density at radius 1 is 1.47 bits per heavy atom. The van der Waals surface area contributed by atoms with Gasteiger partial charge < -0.3 is 15.4 Å². The fraction of sp³-hybridized carbons (Fsp3) is 0.500. The van der Waals surface area contributed by atoms with E-state index in [1.165, 1.54) is 0 Å². The maximum Gasteiger partial charge on any atom is 0.260 e. The zero-order chi connectivity index (χ0) is 13.7. The Kier molecular flexibility index (Phi) is 5.22. The largest absolute Gasteiger partial charge is 0.481 e. The molecule has 1 aliphatic heterocycles. The zero-order valence-electron chi connectivity index (χ0n) is 11.0. The number of amides is 1. The van der Waals surface area contributed by atoms with Crippen molar-refractivity contribution < 1.29 is 9.53 Å². The van der Waals surface area contributed by atoms with Crippen molar-refractivity contribution in [1.29, 1.82) is 0 Å². The van der Waals surface area contributed by atoms with Crippen LogP contribution in [0, 0.1) is 0 Å². The van der Waals surface area contributed by atoms with Crippen molar-refractivity contribution >= 4 is 21.8 Å². The number of carbonyl (C=O) groups excluding carboxylic acids is 1. The van der Waals surface area contributed by atoms with Crippen LogP contribution in [0.5, 0.6) is 5.75 Å². The Balaban J connectivity index is 1.84. The average Bonchev–Trinajstić information content (AvgIpc) is 2.40. The van der Waals surface area contributed by atoms with E-state index >= 15 is 0 Å². The molecule has 0 bridgehead atoms. The zero-order valence-corrected chi connectivity index (χ0v) is 12.6. The fourth-order valence-electron chi connectivity index (χ4n) is 2.08. The van der Waals surface area contributed by atoms with Gasteiger partial charge in [-0.2, -0.15) is 0 Å². The fourth-order valence-corrected chi connectivity index (χ4v) is 2.46. The van der Waals surface area contributed by atoms with Crippen LogP contribution in [0.3, 0.4) is 0 Å². The predicted octanol–water partition coefficient (Wildman–Crippen LogP) is 2.08. The monoisotopic (exact) mass is 326 g/mol. The lowest BCUT2D eigenvalue weighted by Gasteiger charge is -2.25. The Hall–Kier alpha value is -1.07. The molecule has 1 atom stereocenters. The van der Waals surface area contributed by atoms with E-state index in [1.54, 1.807) is 6.92 Å². The molecule has 0 aliphatic carbocycles. The third kappa shape index (κ3) is 4.51. The maximum absolute atomic E-state index is 12.0. The van der Waals surface area contributed by atoms with E-state index in [0.29, 0.717) is 5.75 Å². The second-order valence-corrected chi connectivity index (χ2v) is 5.67. The van der Waals surface area contributed by atoms with Crippen LogP contribution in [0.25, 0.3) is 0 Å². The van der Waals surface area contributed by atoms with E-state index in [1.807, 2.05) is 24.3 Å². The van der Waals surface area contributed by atoms with E-state index in [2.05, 4.69) is 26.6 Å². The molecule has 1 amide bonds. The second-order valence-electron chi connectivity index (χ2n) is 4.75. The number of ether oxygens (including phenoxy) is 1. The topological polar surface area (TPSA) is 50.4 Å². The molecule has 1 unspecified atom stereocenters. The summed E-state index contributed by atoms with van der Waals surface area (Å²) in [5.74, 6) is 0.647. The molecular weight excluding hydrogens is 308 g/mol. The molecule has 19 heavy (non-hydrogen) atoms. The smallest absolute Gasteiger partial charge is 0.260 e. The number of rotatable bonds is 4. The van der Waals surface area contributed by atoms with Gasteiger partial charge in [0.2, 0.25) is 0 Å². The molecule has 0 saturated carbocycles. The van der Waals surface area contributed by atoms with Gasteiger partial charge in [0, 0.05) is 10.5 Å². The van der Waals surface area contributed by atoms with Crippen molar-refractivity contribution in [2.45, 2.75) is 31.9 Å². The highest BCUT2D eigenvalue weighted by Gasteiger charge is 2.20. The Labute approximate surface area is 122 Å². The number of hydrogen-bond acceptors (Lipinski definition) is 3. The van der Waals surface area contributed by atoms with Gasteiger partial charge in [0.1, 0.15) is 5.75 Å². The highest BCUT2D eigenvalue weighted by Crippen LogP contribution is 2.19. The predicted molar refractivity (Wildman–Crippen MR) is 78.3 cm³/mol. The number of carbonyl (C=O) groups is 1. The summed E-state index contributed by atoms with van der Waals surface area (Å²) in [4.78, 5) is 12.0. The SMILES string of the molecule is CC(Oc1cccc(Br)c1)C(=O)NC1CCNCC1. The summed E-state index contributed by atoms with van der Waals surface area (Å²) in [5, 5.41) is 6.31. The van der Waals surface area contributed by atoms with E-state index in [4.69, 9.17) is 4.74 Å². The summed E-state index contributed by atoms with van der Waals surface area (Å²) in [6.07, 6.45) is 1.48. The number of nitrogens with one attached hydrogen (secondary N) is 2. The molecule has 1 heterocycles. The van der Waals surface area contributed by atoms with Crippen LogP contribution in [0.2, 0.25) is 0 Å². The summed E-state index contributed by atoms with van der Waals surface area (Å²) in [6, 6.07) is 7.78. The highest BCUT2D eigenvalue weighted by molar-refractivity contribution is 9.10. The molecule has 1 saturated heterocycles. The van der Waals surface area contributed by atoms with Crippen molar-refractivity contribution in [3.63, 3.8) is 0 Å². The van der Waals surface area contributed by atoms with E-state index in [0.717, 1.165) is 30.4 Å². The van der Waals surface area contributed by atoms with Crippen LogP contribution in [-0.2, 0) is 4.79 Å². The minimum Gasteiger partial charge on any atom is -0.481 e. The molecule has 0 spiro atoms. The summed E-state index contributed by atoms with van der Waals surface area (Å²) in [7, 11) is 0. The molecule has 5 heteroatoms. The first-order valence-electron chi connectivity index (χ1n) is 6.58. The van der Waals surface area contributed by atoms with Crippen LogP contribution in [0.4, 0.5) is 0 Å². The Bertz CT molecular complexity index is 433. The van der Waals surface area contributed by atoms with E-state index in [-0.39, 0.29) is 11.9 Å². The number of halogens is 1. The number of benzene rings is 1.